The third-order valence-electron chi connectivity index (χ3n) is 7.25. The number of aryl methyl sites for hydroxylation is 1. The summed E-state index contributed by atoms with van der Waals surface area (Å²) < 4.78 is 20.3. The van der Waals surface area contributed by atoms with Crippen LogP contribution in [0.1, 0.15) is 21.9 Å². The molecule has 1 fully saturated rings. The zero-order valence-corrected chi connectivity index (χ0v) is 23.6. The molecule has 0 unspecified atom stereocenters. The molecule has 208 valence electrons. The number of rotatable bonds is 6. The quantitative estimate of drug-likeness (QED) is 0.325. The van der Waals surface area contributed by atoms with Crippen molar-refractivity contribution in [2.45, 2.75) is 29.7 Å². The molecule has 1 N–H and O–H groups in total. The number of anilines is 2. The number of hydrogen-bond acceptors (Lipinski definition) is 7. The van der Waals surface area contributed by atoms with Gasteiger partial charge in [-0.15, -0.1) is 0 Å². The summed E-state index contributed by atoms with van der Waals surface area (Å²) in [4.78, 5) is 55.2. The van der Waals surface area contributed by atoms with Crippen molar-refractivity contribution >= 4 is 52.2 Å². The molecule has 3 atom stereocenters. The Kier molecular flexibility index (Phi) is 7.00. The Morgan fingerprint density at radius 1 is 0.951 bits per heavy atom. The summed E-state index contributed by atoms with van der Waals surface area (Å²) in [7, 11) is 1.55. The summed E-state index contributed by atoms with van der Waals surface area (Å²) in [5.41, 5.74) is 2.67. The molecule has 3 heterocycles. The normalized spacial score (nSPS) is 19.6. The van der Waals surface area contributed by atoms with Gasteiger partial charge in [-0.25, -0.2) is 9.29 Å². The number of methoxy groups -OCH3 is 1. The maximum absolute atomic E-state index is 13.9. The van der Waals surface area contributed by atoms with E-state index in [1.807, 2.05) is 31.2 Å². The molecule has 0 bridgehead atoms. The highest BCUT2D eigenvalue weighted by Gasteiger charge is 2.56. The van der Waals surface area contributed by atoms with Gasteiger partial charge in [-0.05, 0) is 61.0 Å². The van der Waals surface area contributed by atoms with E-state index >= 15 is 0 Å². The van der Waals surface area contributed by atoms with Crippen LogP contribution in [0, 0.1) is 18.7 Å². The van der Waals surface area contributed by atoms with Crippen LogP contribution in [-0.2, 0) is 20.9 Å². The van der Waals surface area contributed by atoms with Gasteiger partial charge in [0.25, 0.3) is 0 Å². The Bertz CT molecular complexity index is 1720. The van der Waals surface area contributed by atoms with Gasteiger partial charge in [0, 0.05) is 16.5 Å². The molecule has 0 radical (unpaired) electrons. The number of nitrogens with one attached hydrogen (secondary N) is 1. The Labute approximate surface area is 242 Å². The largest absolute Gasteiger partial charge is 0.497 e. The van der Waals surface area contributed by atoms with Crippen molar-refractivity contribution in [3.05, 3.63) is 104 Å². The third-order valence-corrected chi connectivity index (χ3v) is 9.85. The van der Waals surface area contributed by atoms with Crippen molar-refractivity contribution in [3.8, 4) is 5.75 Å². The van der Waals surface area contributed by atoms with Crippen molar-refractivity contribution in [1.82, 2.24) is 4.57 Å². The number of thiazole rings is 1. The van der Waals surface area contributed by atoms with Gasteiger partial charge in [0.15, 0.2) is 0 Å². The molecule has 3 amide bonds. The lowest BCUT2D eigenvalue weighted by Crippen LogP contribution is -2.33. The van der Waals surface area contributed by atoms with Gasteiger partial charge in [0.2, 0.25) is 17.7 Å². The first-order valence-corrected chi connectivity index (χ1v) is 14.5. The molecule has 0 aliphatic carbocycles. The fourth-order valence-electron chi connectivity index (χ4n) is 5.25. The number of ether oxygens (including phenoxy) is 1. The molecule has 1 saturated heterocycles. The summed E-state index contributed by atoms with van der Waals surface area (Å²) >= 11 is 2.10. The van der Waals surface area contributed by atoms with Crippen LogP contribution in [0.4, 0.5) is 15.8 Å². The Morgan fingerprint density at radius 3 is 2.29 bits per heavy atom. The molecular formula is C30H24FN3O5S2. The molecule has 6 rings (SSSR count). The molecule has 0 saturated carbocycles. The zero-order chi connectivity index (χ0) is 28.8. The van der Waals surface area contributed by atoms with E-state index in [0.29, 0.717) is 21.3 Å². The summed E-state index contributed by atoms with van der Waals surface area (Å²) in [6.45, 7) is 1.70. The molecule has 0 spiro atoms. The lowest BCUT2D eigenvalue weighted by atomic mass is 9.83. The number of carbonyl (C=O) groups excluding carboxylic acids is 3. The van der Waals surface area contributed by atoms with Gasteiger partial charge in [0.1, 0.15) is 23.4 Å². The summed E-state index contributed by atoms with van der Waals surface area (Å²) in [6, 6.07) is 19.7. The van der Waals surface area contributed by atoms with E-state index < -0.39 is 34.7 Å². The highest BCUT2D eigenvalue weighted by molar-refractivity contribution is 8.00. The SMILES string of the molecule is COc1ccc([C@@H]2c3sc(=O)n(CC(=O)Nc4ccc(C)cc4)c3S[C@H]3C(=O)N(c4ccc(F)cc4)C(=O)[C@@H]23)cc1. The van der Waals surface area contributed by atoms with Gasteiger partial charge in [-0.1, -0.05) is 52.9 Å². The number of thioether (sulfide) groups is 1. The van der Waals surface area contributed by atoms with Crippen LogP contribution in [0.5, 0.6) is 5.75 Å². The molecule has 1 aromatic heterocycles. The summed E-state index contributed by atoms with van der Waals surface area (Å²) in [5.74, 6) is -2.52. The van der Waals surface area contributed by atoms with Gasteiger partial charge in [0.05, 0.1) is 23.7 Å². The molecule has 4 aromatic rings. The minimum atomic E-state index is -0.840. The fourth-order valence-corrected chi connectivity index (χ4v) is 8.02. The molecule has 11 heteroatoms. The van der Waals surface area contributed by atoms with Crippen molar-refractivity contribution in [2.75, 3.05) is 17.3 Å². The maximum atomic E-state index is 13.9. The van der Waals surface area contributed by atoms with Gasteiger partial charge in [-0.2, -0.15) is 0 Å². The van der Waals surface area contributed by atoms with E-state index in [0.717, 1.165) is 39.1 Å². The molecular weight excluding hydrogens is 565 g/mol. The molecule has 41 heavy (non-hydrogen) atoms. The van der Waals surface area contributed by atoms with Crippen molar-refractivity contribution < 1.29 is 23.5 Å². The van der Waals surface area contributed by atoms with Crippen molar-refractivity contribution in [2.24, 2.45) is 5.92 Å². The van der Waals surface area contributed by atoms with Crippen LogP contribution >= 0.6 is 23.1 Å². The third kappa shape index (κ3) is 4.85. The molecule has 2 aliphatic rings. The maximum Gasteiger partial charge on any atom is 0.308 e. The second kappa shape index (κ2) is 10.6. The van der Waals surface area contributed by atoms with Crippen LogP contribution < -0.4 is 19.8 Å². The first-order valence-electron chi connectivity index (χ1n) is 12.8. The van der Waals surface area contributed by atoms with E-state index in [4.69, 9.17) is 4.74 Å². The fraction of sp³-hybridized carbons (Fsp3) is 0.200. The van der Waals surface area contributed by atoms with Crippen LogP contribution in [0.2, 0.25) is 0 Å². The van der Waals surface area contributed by atoms with Crippen LogP contribution in [0.25, 0.3) is 0 Å². The number of aromatic nitrogens is 1. The average Bonchev–Trinajstić information content (AvgIpc) is 3.41. The van der Waals surface area contributed by atoms with E-state index in [-0.39, 0.29) is 23.0 Å². The van der Waals surface area contributed by atoms with Crippen LogP contribution in [-0.4, -0.2) is 34.6 Å². The van der Waals surface area contributed by atoms with E-state index in [2.05, 4.69) is 5.32 Å². The van der Waals surface area contributed by atoms with E-state index in [1.165, 1.54) is 28.8 Å². The van der Waals surface area contributed by atoms with E-state index in [1.54, 1.807) is 31.4 Å². The van der Waals surface area contributed by atoms with Gasteiger partial charge >= 0.3 is 4.87 Å². The zero-order valence-electron chi connectivity index (χ0n) is 22.0. The number of benzene rings is 3. The molecule has 8 nitrogen and oxygen atoms in total. The first kappa shape index (κ1) is 27.0. The van der Waals surface area contributed by atoms with Gasteiger partial charge < -0.3 is 10.1 Å². The predicted octanol–water partition coefficient (Wildman–Crippen LogP) is 4.80. The Balaban J connectivity index is 1.40. The van der Waals surface area contributed by atoms with Crippen LogP contribution in [0.15, 0.2) is 82.6 Å². The smallest absolute Gasteiger partial charge is 0.308 e. The highest BCUT2D eigenvalue weighted by atomic mass is 32.2. The number of hydrogen-bond donors (Lipinski definition) is 1. The number of imide groups is 1. The first-order chi connectivity index (χ1) is 19.7. The average molecular weight is 590 g/mol. The Hall–Kier alpha value is -4.22. The number of amides is 3. The second-order valence-corrected chi connectivity index (χ2v) is 12.0. The highest BCUT2D eigenvalue weighted by Crippen LogP contribution is 2.54. The minimum Gasteiger partial charge on any atom is -0.497 e. The molecule has 3 aromatic carbocycles. The number of nitrogens with zero attached hydrogens (tertiary/aromatic N) is 2. The summed E-state index contributed by atoms with van der Waals surface area (Å²) in [5, 5.41) is 2.46. The van der Waals surface area contributed by atoms with E-state index in [9.17, 15) is 23.6 Å². The summed E-state index contributed by atoms with van der Waals surface area (Å²) in [6.07, 6.45) is 0. The minimum absolute atomic E-state index is 0.248. The lowest BCUT2D eigenvalue weighted by molar-refractivity contribution is -0.122. The van der Waals surface area contributed by atoms with Gasteiger partial charge in [-0.3, -0.25) is 23.7 Å². The topological polar surface area (TPSA) is 97.7 Å². The lowest BCUT2D eigenvalue weighted by Gasteiger charge is -2.30. The predicted molar refractivity (Wildman–Crippen MR) is 155 cm³/mol. The molecule has 2 aliphatic heterocycles. The standard InChI is InChI=1S/C30H24FN3O5S2/c1-16-3-9-19(10-4-16)32-22(35)15-33-29-26(41-30(33)38)23(17-5-13-21(39-2)14-6-17)24-25(40-29)28(37)34(27(24)36)20-11-7-18(31)8-12-20/h3-14,23-25H,15H2,1-2H3,(H,32,35)/t23-,24-,25+/m0/s1. The Morgan fingerprint density at radius 2 is 1.63 bits per heavy atom. The number of fused-ring (bicyclic) bond motifs is 2. The number of carbonyl (C=O) groups is 3. The monoisotopic (exact) mass is 589 g/mol. The van der Waals surface area contributed by atoms with Crippen molar-refractivity contribution in [1.29, 1.82) is 0 Å². The van der Waals surface area contributed by atoms with Crippen LogP contribution in [0.3, 0.4) is 0 Å². The second-order valence-electron chi connectivity index (χ2n) is 9.84. The van der Waals surface area contributed by atoms with Crippen molar-refractivity contribution in [3.63, 3.8) is 0 Å². The number of halogens is 1.